The molecule has 0 aromatic heterocycles. The zero-order valence-corrected chi connectivity index (χ0v) is 13.7. The van der Waals surface area contributed by atoms with Crippen molar-refractivity contribution in [2.24, 2.45) is 0 Å². The minimum atomic E-state index is -0.765. The number of thioether (sulfide) groups is 1. The molecule has 0 aliphatic rings. The summed E-state index contributed by atoms with van der Waals surface area (Å²) in [6.45, 7) is 4.20. The van der Waals surface area contributed by atoms with Crippen molar-refractivity contribution in [1.82, 2.24) is 3.53 Å². The number of carboxylic acid groups (broad SMARTS) is 1. The van der Waals surface area contributed by atoms with Gasteiger partial charge in [-0.25, -0.2) is 0 Å². The van der Waals surface area contributed by atoms with Gasteiger partial charge in [0.25, 0.3) is 0 Å². The first-order chi connectivity index (χ1) is 8.56. The van der Waals surface area contributed by atoms with Crippen LogP contribution in [0.4, 0.5) is 0 Å². The Labute approximate surface area is 123 Å². The molecule has 2 N–H and O–H groups in total. The predicted molar refractivity (Wildman–Crippen MR) is 72.4 cm³/mol. The van der Waals surface area contributed by atoms with E-state index < -0.39 is 12.0 Å². The summed E-state index contributed by atoms with van der Waals surface area (Å²) >= 11 is 1.44. The van der Waals surface area contributed by atoms with E-state index in [1.54, 1.807) is 11.8 Å². The number of aliphatic carboxylic acids is 1. The number of hydrogen-bond acceptors (Lipinski definition) is 3. The van der Waals surface area contributed by atoms with Gasteiger partial charge in [-0.05, 0) is 0 Å². The van der Waals surface area contributed by atoms with Gasteiger partial charge in [-0.3, -0.25) is 0 Å². The van der Waals surface area contributed by atoms with Crippen LogP contribution in [0.3, 0.4) is 0 Å². The third-order valence-electron chi connectivity index (χ3n) is 2.34. The fourth-order valence-corrected chi connectivity index (χ4v) is 4.42. The number of hydrogen-bond donors (Lipinski definition) is 2. The van der Waals surface area contributed by atoms with Crippen LogP contribution in [0.5, 0.6) is 0 Å². The summed E-state index contributed by atoms with van der Waals surface area (Å²) in [6.07, 6.45) is 0. The van der Waals surface area contributed by atoms with Crippen molar-refractivity contribution in [3.05, 3.63) is 35.9 Å². The zero-order chi connectivity index (χ0) is 13.5. The molecule has 0 aliphatic heterocycles. The summed E-state index contributed by atoms with van der Waals surface area (Å²) in [6, 6.07) is 9.39. The van der Waals surface area contributed by atoms with E-state index in [1.807, 2.05) is 35.3 Å². The normalized spacial score (nSPS) is 14.7. The monoisotopic (exact) mass is 380 g/mol. The van der Waals surface area contributed by atoms with E-state index in [0.717, 1.165) is 5.56 Å². The molecule has 0 spiro atoms. The van der Waals surface area contributed by atoms with Crippen molar-refractivity contribution in [2.45, 2.75) is 30.4 Å². The summed E-state index contributed by atoms with van der Waals surface area (Å²) in [5, 5.41) is 9.75. The first-order valence-electron chi connectivity index (χ1n) is 5.73. The van der Waals surface area contributed by atoms with Crippen LogP contribution in [0.1, 0.15) is 24.7 Å². The topological polar surface area (TPSA) is 49.3 Å². The van der Waals surface area contributed by atoms with Crippen molar-refractivity contribution >= 4 is 17.7 Å². The van der Waals surface area contributed by atoms with Crippen LogP contribution in [0, 0.1) is 0 Å². The van der Waals surface area contributed by atoms with Crippen LogP contribution in [-0.2, 0) is 4.79 Å². The molecule has 0 aliphatic carbocycles. The van der Waals surface area contributed by atoms with Gasteiger partial charge in [0.05, 0.1) is 0 Å². The van der Waals surface area contributed by atoms with E-state index in [9.17, 15) is 9.90 Å². The Morgan fingerprint density at radius 2 is 1.94 bits per heavy atom. The van der Waals surface area contributed by atoms with Gasteiger partial charge in [-0.1, -0.05) is 0 Å². The van der Waals surface area contributed by atoms with E-state index in [4.69, 9.17) is 0 Å². The molecule has 1 aromatic rings. The van der Waals surface area contributed by atoms with Gasteiger partial charge in [0, 0.05) is 0 Å². The second kappa shape index (κ2) is 8.01. The molecule has 1 aromatic carbocycles. The van der Waals surface area contributed by atoms with E-state index >= 15 is 0 Å². The summed E-state index contributed by atoms with van der Waals surface area (Å²) < 4.78 is 3.18. The second-order valence-corrected chi connectivity index (χ2v) is 7.55. The van der Waals surface area contributed by atoms with Crippen molar-refractivity contribution in [3.63, 3.8) is 0 Å². The number of carboxylic acids is 1. The molecule has 1 rings (SSSR count). The molecular weight excluding hydrogens is 361 g/mol. The van der Waals surface area contributed by atoms with Gasteiger partial charge >= 0.3 is 124 Å². The average Bonchev–Trinajstić information content (AvgIpc) is 2.34. The molecule has 2 unspecified atom stereocenters. The summed E-state index contributed by atoms with van der Waals surface area (Å²) in [5.41, 5.74) is 1.08. The number of nitrogens with one attached hydrogen (secondary N) is 1. The first-order valence-corrected chi connectivity index (χ1v) is 9.91. The summed E-state index contributed by atoms with van der Waals surface area (Å²) in [5.74, 6) is -0.765. The third kappa shape index (κ3) is 4.78. The Kier molecular flexibility index (Phi) is 7.03. The Hall–Kier alpha value is -0.270. The maximum absolute atomic E-state index is 11.4. The first kappa shape index (κ1) is 15.8. The van der Waals surface area contributed by atoms with Crippen molar-refractivity contribution in [1.29, 1.82) is 0 Å². The molecule has 0 heterocycles. The minimum absolute atomic E-state index is 0.0386. The molecular formula is C13H19INO2S-. The van der Waals surface area contributed by atoms with Gasteiger partial charge in [-0.2, -0.15) is 0 Å². The molecule has 0 amide bonds. The van der Waals surface area contributed by atoms with Crippen LogP contribution in [0.25, 0.3) is 0 Å². The number of benzene rings is 1. The molecule has 0 saturated carbocycles. The molecule has 3 nitrogen and oxygen atoms in total. The SMILES string of the molecule is C[I-]NC(C(=O)O)C(SC(C)C)c1ccccc1. The van der Waals surface area contributed by atoms with Crippen LogP contribution < -0.4 is 25.0 Å². The maximum atomic E-state index is 11.4. The molecule has 18 heavy (non-hydrogen) atoms. The Bertz CT molecular complexity index is 373. The van der Waals surface area contributed by atoms with E-state index in [1.165, 1.54) is 0 Å². The van der Waals surface area contributed by atoms with Crippen molar-refractivity contribution < 1.29 is 31.4 Å². The quantitative estimate of drug-likeness (QED) is 0.382. The van der Waals surface area contributed by atoms with E-state index in [0.29, 0.717) is 5.25 Å². The number of halogens is 1. The van der Waals surface area contributed by atoms with Crippen molar-refractivity contribution in [2.75, 3.05) is 4.93 Å². The number of alkyl halides is 1. The van der Waals surface area contributed by atoms with Crippen LogP contribution >= 0.6 is 11.8 Å². The summed E-state index contributed by atoms with van der Waals surface area (Å²) in [4.78, 5) is 13.5. The molecule has 0 fully saturated rings. The Balaban J connectivity index is 2.99. The summed E-state index contributed by atoms with van der Waals surface area (Å²) in [7, 11) is 0. The van der Waals surface area contributed by atoms with Gasteiger partial charge < -0.3 is 0 Å². The molecule has 5 heteroatoms. The second-order valence-electron chi connectivity index (χ2n) is 4.13. The van der Waals surface area contributed by atoms with Gasteiger partial charge in [0.15, 0.2) is 0 Å². The molecule has 0 radical (unpaired) electrons. The van der Waals surface area contributed by atoms with Crippen molar-refractivity contribution in [3.8, 4) is 0 Å². The van der Waals surface area contributed by atoms with Crippen LogP contribution in [0.2, 0.25) is 0 Å². The van der Waals surface area contributed by atoms with Crippen LogP contribution in [-0.4, -0.2) is 27.3 Å². The third-order valence-corrected chi connectivity index (χ3v) is 5.02. The molecule has 0 bridgehead atoms. The fourth-order valence-electron chi connectivity index (χ4n) is 1.64. The molecule has 0 saturated heterocycles. The van der Waals surface area contributed by atoms with E-state index in [-0.39, 0.29) is 26.7 Å². The van der Waals surface area contributed by atoms with Gasteiger partial charge in [0.2, 0.25) is 0 Å². The number of rotatable bonds is 7. The average molecular weight is 380 g/mol. The molecule has 102 valence electrons. The Morgan fingerprint density at radius 3 is 2.39 bits per heavy atom. The van der Waals surface area contributed by atoms with Gasteiger partial charge in [-0.15, -0.1) is 0 Å². The molecule has 2 atom stereocenters. The van der Waals surface area contributed by atoms with Gasteiger partial charge in [0.1, 0.15) is 0 Å². The van der Waals surface area contributed by atoms with Crippen LogP contribution in [0.15, 0.2) is 30.3 Å². The fraction of sp³-hybridized carbons (Fsp3) is 0.462. The standard InChI is InChI=1S/C13H19INO2S/c1-9(2)18-12(10-7-5-4-6-8-10)11(13(16)17)15-14-3/h4-9,11-12,15H,1-3H3,(H,16,17)/q-1. The Morgan fingerprint density at radius 1 is 1.33 bits per heavy atom. The van der Waals surface area contributed by atoms with E-state index in [2.05, 4.69) is 17.4 Å². The number of carbonyl (C=O) groups is 1. The predicted octanol–water partition coefficient (Wildman–Crippen LogP) is -0.454. The zero-order valence-electron chi connectivity index (χ0n) is 10.8.